The quantitative estimate of drug-likeness (QED) is 0.0236. The lowest BCUT2D eigenvalue weighted by Crippen LogP contribution is -2.29. The zero-order chi connectivity index (χ0) is 41.2. The van der Waals surface area contributed by atoms with E-state index in [2.05, 4.69) is 67.0 Å². The van der Waals surface area contributed by atoms with Crippen molar-refractivity contribution in [2.45, 2.75) is 199 Å². The summed E-state index contributed by atoms with van der Waals surface area (Å²) in [5.41, 5.74) is 0. The Balaban J connectivity index is 4.34. The van der Waals surface area contributed by atoms with Gasteiger partial charge in [0, 0.05) is 12.8 Å². The summed E-state index contributed by atoms with van der Waals surface area (Å²) in [7, 11) is -4.62. The minimum atomic E-state index is -4.62. The fourth-order valence-electron chi connectivity index (χ4n) is 5.80. The van der Waals surface area contributed by atoms with Gasteiger partial charge in [0.15, 0.2) is 6.10 Å². The van der Waals surface area contributed by atoms with Crippen LogP contribution in [0.4, 0.5) is 0 Å². The van der Waals surface area contributed by atoms with Gasteiger partial charge >= 0.3 is 19.8 Å². The Hall–Kier alpha value is -2.07. The molecule has 0 radical (unpaired) electrons. The normalized spacial score (nSPS) is 14.3. The van der Waals surface area contributed by atoms with Crippen LogP contribution in [0.1, 0.15) is 187 Å². The maximum absolute atomic E-state index is 12.6. The summed E-state index contributed by atoms with van der Waals surface area (Å²) >= 11 is 0. The van der Waals surface area contributed by atoms with Crippen molar-refractivity contribution in [2.75, 3.05) is 26.4 Å². The molecule has 0 fully saturated rings. The lowest BCUT2D eigenvalue weighted by molar-refractivity contribution is -0.161. The number of phosphoric acid groups is 1. The fraction of sp³-hybridized carbons (Fsp3) is 0.778. The second kappa shape index (κ2) is 41.1. The van der Waals surface area contributed by atoms with Crippen LogP contribution >= 0.6 is 7.82 Å². The molecular formula is C45H81O10P. The first-order valence-electron chi connectivity index (χ1n) is 22.1. The molecule has 0 aliphatic rings. The average molecular weight is 813 g/mol. The number of unbranched alkanes of at least 4 members (excludes halogenated alkanes) is 19. The van der Waals surface area contributed by atoms with Crippen molar-refractivity contribution in [2.24, 2.45) is 0 Å². The molecule has 326 valence electrons. The van der Waals surface area contributed by atoms with Crippen molar-refractivity contribution in [3.8, 4) is 0 Å². The first-order valence-corrected chi connectivity index (χ1v) is 23.6. The molecule has 11 heteroatoms. The van der Waals surface area contributed by atoms with Gasteiger partial charge in [-0.15, -0.1) is 0 Å². The number of aliphatic hydroxyl groups is 2. The van der Waals surface area contributed by atoms with E-state index in [1.165, 1.54) is 89.9 Å². The van der Waals surface area contributed by atoms with Gasteiger partial charge in [-0.1, -0.05) is 165 Å². The van der Waals surface area contributed by atoms with E-state index >= 15 is 0 Å². The highest BCUT2D eigenvalue weighted by atomic mass is 31.2. The van der Waals surface area contributed by atoms with Crippen molar-refractivity contribution >= 4 is 19.8 Å². The smallest absolute Gasteiger partial charge is 0.462 e. The van der Waals surface area contributed by atoms with Gasteiger partial charge < -0.3 is 24.6 Å². The maximum atomic E-state index is 12.6. The van der Waals surface area contributed by atoms with Gasteiger partial charge in [-0.25, -0.2) is 4.57 Å². The summed E-state index contributed by atoms with van der Waals surface area (Å²) in [4.78, 5) is 35.0. The van der Waals surface area contributed by atoms with E-state index in [1.54, 1.807) is 0 Å². The Morgan fingerprint density at radius 3 is 1.43 bits per heavy atom. The van der Waals surface area contributed by atoms with E-state index in [4.69, 9.17) is 19.1 Å². The number of aliphatic hydroxyl groups excluding tert-OH is 2. The number of phosphoric ester groups is 1. The van der Waals surface area contributed by atoms with Crippen molar-refractivity contribution in [3.63, 3.8) is 0 Å². The van der Waals surface area contributed by atoms with Crippen molar-refractivity contribution in [3.05, 3.63) is 48.6 Å². The molecule has 0 heterocycles. The first kappa shape index (κ1) is 53.9. The van der Waals surface area contributed by atoms with Crippen LogP contribution in [0, 0.1) is 0 Å². The van der Waals surface area contributed by atoms with Gasteiger partial charge in [-0.2, -0.15) is 0 Å². The molecule has 0 rings (SSSR count). The van der Waals surface area contributed by atoms with E-state index in [-0.39, 0.29) is 19.4 Å². The van der Waals surface area contributed by atoms with E-state index in [0.717, 1.165) is 57.8 Å². The zero-order valence-corrected chi connectivity index (χ0v) is 36.2. The molecule has 10 nitrogen and oxygen atoms in total. The van der Waals surface area contributed by atoms with Gasteiger partial charge in [0.2, 0.25) is 0 Å². The first-order chi connectivity index (χ1) is 27.2. The zero-order valence-electron chi connectivity index (χ0n) is 35.3. The van der Waals surface area contributed by atoms with Crippen LogP contribution in [-0.4, -0.2) is 65.7 Å². The summed E-state index contributed by atoms with van der Waals surface area (Å²) in [5, 5.41) is 18.3. The third-order valence-corrected chi connectivity index (χ3v) is 10.2. The molecule has 0 aliphatic heterocycles. The predicted molar refractivity (Wildman–Crippen MR) is 228 cm³/mol. The van der Waals surface area contributed by atoms with Crippen LogP contribution in [0.25, 0.3) is 0 Å². The lowest BCUT2D eigenvalue weighted by atomic mass is 10.0. The van der Waals surface area contributed by atoms with Crippen molar-refractivity contribution < 1.29 is 47.8 Å². The van der Waals surface area contributed by atoms with E-state index in [9.17, 15) is 24.2 Å². The number of rotatable bonds is 41. The fourth-order valence-corrected chi connectivity index (χ4v) is 6.59. The number of hydrogen-bond donors (Lipinski definition) is 3. The molecule has 0 aromatic carbocycles. The maximum Gasteiger partial charge on any atom is 0.472 e. The molecule has 1 unspecified atom stereocenters. The molecule has 0 saturated heterocycles. The molecule has 3 atom stereocenters. The number of carbonyl (C=O) groups excluding carboxylic acids is 2. The minimum Gasteiger partial charge on any atom is -0.462 e. The van der Waals surface area contributed by atoms with Gasteiger partial charge in [0.05, 0.1) is 19.8 Å². The van der Waals surface area contributed by atoms with Crippen molar-refractivity contribution in [1.29, 1.82) is 0 Å². The van der Waals surface area contributed by atoms with E-state index in [0.29, 0.717) is 12.8 Å². The highest BCUT2D eigenvalue weighted by molar-refractivity contribution is 7.47. The number of ether oxygens (including phenoxy) is 2. The van der Waals surface area contributed by atoms with Gasteiger partial charge in [-0.3, -0.25) is 18.6 Å². The second-order valence-corrected chi connectivity index (χ2v) is 16.2. The van der Waals surface area contributed by atoms with Gasteiger partial charge in [-0.05, 0) is 57.8 Å². The molecule has 0 aliphatic carbocycles. The minimum absolute atomic E-state index is 0.178. The number of hydrogen-bond acceptors (Lipinski definition) is 9. The largest absolute Gasteiger partial charge is 0.472 e. The van der Waals surface area contributed by atoms with Crippen LogP contribution in [0.2, 0.25) is 0 Å². The Kier molecular flexibility index (Phi) is 39.6. The Morgan fingerprint density at radius 2 is 0.929 bits per heavy atom. The van der Waals surface area contributed by atoms with E-state index in [1.807, 2.05) is 0 Å². The number of allylic oxidation sites excluding steroid dienone is 8. The van der Waals surface area contributed by atoms with Crippen LogP contribution < -0.4 is 0 Å². The van der Waals surface area contributed by atoms with E-state index < -0.39 is 51.8 Å². The molecule has 0 aromatic heterocycles. The van der Waals surface area contributed by atoms with Gasteiger partial charge in [0.1, 0.15) is 12.7 Å². The lowest BCUT2D eigenvalue weighted by Gasteiger charge is -2.20. The monoisotopic (exact) mass is 813 g/mol. The Bertz CT molecular complexity index is 1070. The molecular weight excluding hydrogens is 731 g/mol. The molecule has 0 saturated carbocycles. The van der Waals surface area contributed by atoms with Crippen LogP contribution in [0.15, 0.2) is 48.6 Å². The third kappa shape index (κ3) is 40.1. The highest BCUT2D eigenvalue weighted by Gasteiger charge is 2.27. The van der Waals surface area contributed by atoms with Crippen molar-refractivity contribution in [1.82, 2.24) is 0 Å². The van der Waals surface area contributed by atoms with Crippen LogP contribution in [0.3, 0.4) is 0 Å². The highest BCUT2D eigenvalue weighted by Crippen LogP contribution is 2.43. The Morgan fingerprint density at radius 1 is 0.536 bits per heavy atom. The number of esters is 2. The summed E-state index contributed by atoms with van der Waals surface area (Å²) in [5.74, 6) is -0.958. The third-order valence-electron chi connectivity index (χ3n) is 9.24. The standard InChI is InChI=1S/C45H81O10P/c1-3-5-7-9-11-13-15-17-19-20-21-22-23-25-26-28-30-32-34-36-44(48)52-40-43(41-54-56(50,51)53-39-42(47)38-46)55-45(49)37-35-33-31-29-27-24-18-16-14-12-10-8-6-4-2/h11,13,17,19,21-22,25-26,42-43,46-47H,3-10,12,14-16,18,20,23-24,27-41H2,1-2H3,(H,50,51)/b13-11-,19-17-,22-21-,26-25-/t42-,43+/m0/s1. The topological polar surface area (TPSA) is 149 Å². The summed E-state index contributed by atoms with van der Waals surface area (Å²) < 4.78 is 32.7. The average Bonchev–Trinajstić information content (AvgIpc) is 3.19. The summed E-state index contributed by atoms with van der Waals surface area (Å²) in [6.45, 7) is 2.32. The SMILES string of the molecule is CCCCC/C=C\C/C=C\C/C=C\C/C=C\CCCCCC(=O)OC[C@H](COP(=O)(O)OC[C@@H](O)CO)OC(=O)CCCCCCCCCCCCCCCC. The van der Waals surface area contributed by atoms with Gasteiger partial charge in [0.25, 0.3) is 0 Å². The summed E-state index contributed by atoms with van der Waals surface area (Å²) in [6, 6.07) is 0. The predicted octanol–water partition coefficient (Wildman–Crippen LogP) is 11.7. The van der Waals surface area contributed by atoms with Crippen LogP contribution in [0.5, 0.6) is 0 Å². The summed E-state index contributed by atoms with van der Waals surface area (Å²) in [6.07, 6.45) is 43.6. The molecule has 0 aromatic rings. The molecule has 3 N–H and O–H groups in total. The second-order valence-electron chi connectivity index (χ2n) is 14.7. The van der Waals surface area contributed by atoms with Crippen LogP contribution in [-0.2, 0) is 32.7 Å². The molecule has 0 amide bonds. The molecule has 0 bridgehead atoms. The molecule has 56 heavy (non-hydrogen) atoms. The number of carbonyl (C=O) groups is 2. The Labute approximate surface area is 341 Å². The molecule has 0 spiro atoms.